The van der Waals surface area contributed by atoms with Crippen LogP contribution in [0, 0.1) is 11.3 Å². The second-order valence-corrected chi connectivity index (χ2v) is 4.92. The van der Waals surface area contributed by atoms with Crippen molar-refractivity contribution < 1.29 is 9.59 Å². The molecule has 1 aliphatic carbocycles. The third-order valence-electron chi connectivity index (χ3n) is 2.70. The number of amides is 2. The monoisotopic (exact) mass is 263 g/mol. The van der Waals surface area contributed by atoms with Crippen molar-refractivity contribution in [2.45, 2.75) is 25.4 Å². The van der Waals surface area contributed by atoms with Gasteiger partial charge >= 0.3 is 11.8 Å². The highest BCUT2D eigenvalue weighted by molar-refractivity contribution is 7.07. The number of carbonyl (C=O) groups is 2. The number of nitrogens with one attached hydrogen (secondary N) is 1. The largest absolute Gasteiger partial charge is 0.335 e. The summed E-state index contributed by atoms with van der Waals surface area (Å²) in [4.78, 5) is 25.1. The minimum absolute atomic E-state index is 0.137. The molecule has 5 nitrogen and oxygen atoms in total. The van der Waals surface area contributed by atoms with Crippen LogP contribution in [-0.4, -0.2) is 29.3 Å². The summed E-state index contributed by atoms with van der Waals surface area (Å²) in [6.07, 6.45) is 1.89. The fraction of sp³-hybridized carbons (Fsp3) is 0.417. The number of rotatable bonds is 4. The van der Waals surface area contributed by atoms with Crippen LogP contribution in [-0.2, 0) is 16.1 Å². The van der Waals surface area contributed by atoms with Crippen LogP contribution in [0.4, 0.5) is 0 Å². The van der Waals surface area contributed by atoms with E-state index < -0.39 is 11.8 Å². The van der Waals surface area contributed by atoms with E-state index in [0.29, 0.717) is 6.54 Å². The van der Waals surface area contributed by atoms with Crippen LogP contribution < -0.4 is 5.32 Å². The summed E-state index contributed by atoms with van der Waals surface area (Å²) in [5.74, 6) is -1.24. The van der Waals surface area contributed by atoms with E-state index in [1.807, 2.05) is 16.8 Å². The number of hydrogen-bond donors (Lipinski definition) is 1. The number of thiophene rings is 1. The summed E-state index contributed by atoms with van der Waals surface area (Å²) in [6, 6.07) is 3.90. The highest BCUT2D eigenvalue weighted by atomic mass is 32.1. The van der Waals surface area contributed by atoms with E-state index in [2.05, 4.69) is 5.32 Å². The van der Waals surface area contributed by atoms with Crippen molar-refractivity contribution in [1.29, 1.82) is 5.26 Å². The van der Waals surface area contributed by atoms with E-state index >= 15 is 0 Å². The van der Waals surface area contributed by atoms with Gasteiger partial charge in [-0.3, -0.25) is 9.59 Å². The van der Waals surface area contributed by atoms with Gasteiger partial charge in [-0.05, 0) is 35.2 Å². The zero-order chi connectivity index (χ0) is 13.0. The van der Waals surface area contributed by atoms with E-state index in [4.69, 9.17) is 5.26 Å². The Kier molecular flexibility index (Phi) is 3.95. The Labute approximate surface area is 109 Å². The third-order valence-corrected chi connectivity index (χ3v) is 3.44. The summed E-state index contributed by atoms with van der Waals surface area (Å²) < 4.78 is 0. The molecule has 18 heavy (non-hydrogen) atoms. The number of hydrogen-bond acceptors (Lipinski definition) is 4. The van der Waals surface area contributed by atoms with Gasteiger partial charge in [0.2, 0.25) is 0 Å². The molecule has 1 fully saturated rings. The minimum atomic E-state index is -0.696. The fourth-order valence-electron chi connectivity index (χ4n) is 1.66. The van der Waals surface area contributed by atoms with Gasteiger partial charge < -0.3 is 10.2 Å². The molecule has 1 aromatic rings. The first-order valence-corrected chi connectivity index (χ1v) is 6.63. The Bertz CT molecular complexity index is 474. The van der Waals surface area contributed by atoms with Crippen LogP contribution in [0.25, 0.3) is 0 Å². The fourth-order valence-corrected chi connectivity index (χ4v) is 2.32. The molecular weight excluding hydrogens is 250 g/mol. The van der Waals surface area contributed by atoms with Gasteiger partial charge in [0, 0.05) is 12.6 Å². The van der Waals surface area contributed by atoms with Crippen LogP contribution in [0.3, 0.4) is 0 Å². The molecule has 0 atom stereocenters. The first kappa shape index (κ1) is 12.6. The lowest BCUT2D eigenvalue weighted by molar-refractivity contribution is -0.146. The average Bonchev–Trinajstić information content (AvgIpc) is 3.09. The molecule has 1 aliphatic rings. The zero-order valence-electron chi connectivity index (χ0n) is 9.76. The highest BCUT2D eigenvalue weighted by Crippen LogP contribution is 2.28. The minimum Gasteiger partial charge on any atom is -0.335 e. The topological polar surface area (TPSA) is 73.2 Å². The van der Waals surface area contributed by atoms with E-state index in [1.165, 1.54) is 0 Å². The van der Waals surface area contributed by atoms with E-state index in [-0.39, 0.29) is 12.6 Å². The van der Waals surface area contributed by atoms with Gasteiger partial charge in [-0.2, -0.15) is 16.6 Å². The number of carbonyl (C=O) groups excluding carboxylic acids is 2. The predicted molar refractivity (Wildman–Crippen MR) is 66.5 cm³/mol. The van der Waals surface area contributed by atoms with Gasteiger partial charge in [0.15, 0.2) is 0 Å². The van der Waals surface area contributed by atoms with Crippen LogP contribution in [0.2, 0.25) is 0 Å². The zero-order valence-corrected chi connectivity index (χ0v) is 10.6. The molecule has 94 valence electrons. The van der Waals surface area contributed by atoms with Gasteiger partial charge in [-0.1, -0.05) is 0 Å². The van der Waals surface area contributed by atoms with Crippen LogP contribution in [0.1, 0.15) is 18.4 Å². The number of nitriles is 1. The maximum atomic E-state index is 12.0. The van der Waals surface area contributed by atoms with E-state index in [0.717, 1.165) is 18.4 Å². The predicted octanol–water partition coefficient (Wildman–Crippen LogP) is 0.879. The first-order valence-electron chi connectivity index (χ1n) is 5.69. The smallest absolute Gasteiger partial charge is 0.312 e. The van der Waals surface area contributed by atoms with Gasteiger partial charge in [-0.25, -0.2) is 0 Å². The molecule has 1 N–H and O–H groups in total. The number of nitrogens with zero attached hydrogens (tertiary/aromatic N) is 2. The summed E-state index contributed by atoms with van der Waals surface area (Å²) in [7, 11) is 0. The molecule has 0 unspecified atom stereocenters. The molecule has 2 amide bonds. The van der Waals surface area contributed by atoms with Crippen LogP contribution in [0.15, 0.2) is 16.8 Å². The summed E-state index contributed by atoms with van der Waals surface area (Å²) in [6.45, 7) is 0.328. The molecule has 1 aromatic heterocycles. The van der Waals surface area contributed by atoms with Gasteiger partial charge in [0.25, 0.3) is 0 Å². The average molecular weight is 263 g/mol. The molecule has 0 bridgehead atoms. The Morgan fingerprint density at radius 3 is 2.89 bits per heavy atom. The maximum Gasteiger partial charge on any atom is 0.312 e. The molecule has 2 rings (SSSR count). The Morgan fingerprint density at radius 2 is 2.33 bits per heavy atom. The van der Waals surface area contributed by atoms with Crippen molar-refractivity contribution in [2.75, 3.05) is 6.54 Å². The Hall–Kier alpha value is -1.87. The lowest BCUT2D eigenvalue weighted by atomic mass is 10.3. The molecule has 0 saturated heterocycles. The lowest BCUT2D eigenvalue weighted by Crippen LogP contribution is -2.43. The van der Waals surface area contributed by atoms with Crippen molar-refractivity contribution in [1.82, 2.24) is 10.2 Å². The molecule has 1 heterocycles. The lowest BCUT2D eigenvalue weighted by Gasteiger charge is -2.20. The summed E-state index contributed by atoms with van der Waals surface area (Å²) in [5.41, 5.74) is 1.04. The van der Waals surface area contributed by atoms with E-state index in [1.54, 1.807) is 22.3 Å². The van der Waals surface area contributed by atoms with Crippen molar-refractivity contribution in [2.24, 2.45) is 0 Å². The first-order chi connectivity index (χ1) is 8.72. The maximum absolute atomic E-state index is 12.0. The molecule has 6 heteroatoms. The second-order valence-electron chi connectivity index (χ2n) is 4.14. The summed E-state index contributed by atoms with van der Waals surface area (Å²) >= 11 is 1.57. The van der Waals surface area contributed by atoms with Gasteiger partial charge in [0.1, 0.15) is 6.54 Å². The van der Waals surface area contributed by atoms with E-state index in [9.17, 15) is 9.59 Å². The standard InChI is InChI=1S/C12H13N3O2S/c13-4-5-14-11(16)12(17)15(10-1-2-10)7-9-3-6-18-8-9/h3,6,8,10H,1-2,5,7H2,(H,14,16). The van der Waals surface area contributed by atoms with Crippen LogP contribution >= 0.6 is 11.3 Å². The molecule has 0 aliphatic heterocycles. The Balaban J connectivity index is 1.99. The molecule has 0 aromatic carbocycles. The quantitative estimate of drug-likeness (QED) is 0.647. The van der Waals surface area contributed by atoms with Crippen molar-refractivity contribution >= 4 is 23.2 Å². The van der Waals surface area contributed by atoms with Crippen LogP contribution in [0.5, 0.6) is 0 Å². The molecule has 0 radical (unpaired) electrons. The summed E-state index contributed by atoms with van der Waals surface area (Å²) in [5, 5.41) is 14.6. The second kappa shape index (κ2) is 5.65. The van der Waals surface area contributed by atoms with Gasteiger partial charge in [0.05, 0.1) is 6.07 Å². The molecule has 1 saturated carbocycles. The SMILES string of the molecule is N#CCNC(=O)C(=O)N(Cc1ccsc1)C1CC1. The molecule has 0 spiro atoms. The van der Waals surface area contributed by atoms with Crippen molar-refractivity contribution in [3.63, 3.8) is 0 Å². The highest BCUT2D eigenvalue weighted by Gasteiger charge is 2.35. The normalized spacial score (nSPS) is 13.7. The third kappa shape index (κ3) is 3.08. The Morgan fingerprint density at radius 1 is 1.56 bits per heavy atom. The van der Waals surface area contributed by atoms with Crippen molar-refractivity contribution in [3.8, 4) is 6.07 Å². The molecular formula is C12H13N3O2S. The van der Waals surface area contributed by atoms with Gasteiger partial charge in [-0.15, -0.1) is 0 Å². The van der Waals surface area contributed by atoms with Crippen molar-refractivity contribution in [3.05, 3.63) is 22.4 Å².